The molecule has 0 aromatic heterocycles. The van der Waals surface area contributed by atoms with Gasteiger partial charge in [-0.25, -0.2) is 0 Å². The van der Waals surface area contributed by atoms with E-state index >= 15 is 0 Å². The molecule has 0 rings (SSSR count). The molecule has 0 fully saturated rings. The summed E-state index contributed by atoms with van der Waals surface area (Å²) in [6.45, 7) is 1.62. The van der Waals surface area contributed by atoms with Crippen LogP contribution in [0.3, 0.4) is 0 Å². The Morgan fingerprint density at radius 2 is 1.92 bits per heavy atom. The summed E-state index contributed by atoms with van der Waals surface area (Å²) in [4.78, 5) is 10.1. The molecule has 0 radical (unpaired) electrons. The number of rotatable bonds is 6. The van der Waals surface area contributed by atoms with Gasteiger partial charge in [-0.1, -0.05) is 6.92 Å². The maximum absolute atomic E-state index is 10.1. The number of carboxylic acid groups (broad SMARTS) is 1. The third-order valence-electron chi connectivity index (χ3n) is 1.87. The number of hydrogen-bond acceptors (Lipinski definition) is 4. The lowest BCUT2D eigenvalue weighted by Crippen LogP contribution is -2.20. The lowest BCUT2D eigenvalue weighted by molar-refractivity contribution is -0.139. The van der Waals surface area contributed by atoms with Gasteiger partial charge in [0.1, 0.15) is 0 Å². The first-order valence-electron chi connectivity index (χ1n) is 4.19. The van der Waals surface area contributed by atoms with E-state index in [1.54, 1.807) is 6.92 Å². The van der Waals surface area contributed by atoms with Crippen molar-refractivity contribution >= 4 is 13.1 Å². The lowest BCUT2D eigenvalue weighted by Gasteiger charge is -2.12. The van der Waals surface area contributed by atoms with Crippen molar-refractivity contribution in [2.75, 3.05) is 0 Å². The molecule has 0 amide bonds. The summed E-state index contributed by atoms with van der Waals surface area (Å²) in [5, 5.41) is 34.8. The zero-order valence-corrected chi connectivity index (χ0v) is 7.55. The predicted octanol–water partition coefficient (Wildman–Crippen LogP) is -0.535. The van der Waals surface area contributed by atoms with E-state index in [2.05, 4.69) is 0 Å². The van der Waals surface area contributed by atoms with Crippen LogP contribution in [0.25, 0.3) is 0 Å². The van der Waals surface area contributed by atoms with Gasteiger partial charge < -0.3 is 20.3 Å². The first kappa shape index (κ1) is 12.4. The summed E-state index contributed by atoms with van der Waals surface area (Å²) in [7, 11) is -1.41. The first-order valence-corrected chi connectivity index (χ1v) is 4.19. The van der Waals surface area contributed by atoms with E-state index < -0.39 is 19.2 Å². The molecular formula is C7H15BO5. The monoisotopic (exact) mass is 190 g/mol. The first-order chi connectivity index (χ1) is 5.93. The van der Waals surface area contributed by atoms with Gasteiger partial charge in [0.15, 0.2) is 0 Å². The number of carbonyl (C=O) groups is 1. The highest BCUT2D eigenvalue weighted by Gasteiger charge is 2.19. The summed E-state index contributed by atoms with van der Waals surface area (Å²) in [5.74, 6) is -1.40. The van der Waals surface area contributed by atoms with Crippen LogP contribution in [0.5, 0.6) is 0 Å². The number of hydrogen-bond donors (Lipinski definition) is 4. The minimum absolute atomic E-state index is 0.269. The van der Waals surface area contributed by atoms with Crippen LogP contribution in [0.1, 0.15) is 26.2 Å². The Hall–Kier alpha value is -0.585. The van der Waals surface area contributed by atoms with E-state index in [0.29, 0.717) is 6.42 Å². The molecule has 1 unspecified atom stereocenters. The van der Waals surface area contributed by atoms with Gasteiger partial charge in [-0.05, 0) is 18.7 Å². The molecule has 0 spiro atoms. The standard InChI is InChI=1S/C7H15BO5/c1-5(8(12)13)2-3-6(9)4-7(10)11/h5-6,9,12-13H,2-4H2,1H3,(H,10,11)/t5-,6?/m0/s1. The Morgan fingerprint density at radius 3 is 2.31 bits per heavy atom. The second kappa shape index (κ2) is 5.96. The Kier molecular flexibility index (Phi) is 5.69. The smallest absolute Gasteiger partial charge is 0.454 e. The van der Waals surface area contributed by atoms with Crippen molar-refractivity contribution < 1.29 is 25.1 Å². The molecule has 0 aliphatic rings. The molecule has 5 nitrogen and oxygen atoms in total. The molecule has 2 atom stereocenters. The van der Waals surface area contributed by atoms with E-state index in [-0.39, 0.29) is 18.7 Å². The molecule has 0 aliphatic carbocycles. The van der Waals surface area contributed by atoms with E-state index in [4.69, 9.17) is 20.3 Å². The minimum Gasteiger partial charge on any atom is -0.481 e. The number of carboxylic acids is 1. The number of aliphatic carboxylic acids is 1. The molecule has 0 aromatic carbocycles. The van der Waals surface area contributed by atoms with Gasteiger partial charge in [-0.3, -0.25) is 4.79 Å². The van der Waals surface area contributed by atoms with E-state index in [1.807, 2.05) is 0 Å². The predicted molar refractivity (Wildman–Crippen MR) is 47.1 cm³/mol. The van der Waals surface area contributed by atoms with Crippen LogP contribution in [0, 0.1) is 0 Å². The average Bonchev–Trinajstić information content (AvgIpc) is 1.98. The number of aliphatic hydroxyl groups excluding tert-OH is 1. The number of aliphatic hydroxyl groups is 1. The Labute approximate surface area is 77.2 Å². The third kappa shape index (κ3) is 6.56. The quantitative estimate of drug-likeness (QED) is 0.422. The topological polar surface area (TPSA) is 98.0 Å². The SMILES string of the molecule is C[C@@H](CCC(O)CC(=O)O)B(O)O. The molecule has 0 aliphatic heterocycles. The maximum atomic E-state index is 10.1. The Bertz CT molecular complexity index is 161. The van der Waals surface area contributed by atoms with Gasteiger partial charge in [0.05, 0.1) is 12.5 Å². The second-order valence-corrected chi connectivity index (χ2v) is 3.22. The molecule has 6 heteroatoms. The van der Waals surface area contributed by atoms with Crippen LogP contribution in [0.15, 0.2) is 0 Å². The molecule has 13 heavy (non-hydrogen) atoms. The minimum atomic E-state index is -1.41. The van der Waals surface area contributed by atoms with Gasteiger partial charge in [-0.15, -0.1) is 0 Å². The van der Waals surface area contributed by atoms with Crippen LogP contribution in [-0.2, 0) is 4.79 Å². The summed E-state index contributed by atoms with van der Waals surface area (Å²) >= 11 is 0. The fraction of sp³-hybridized carbons (Fsp3) is 0.857. The van der Waals surface area contributed by atoms with E-state index in [1.165, 1.54) is 0 Å². The van der Waals surface area contributed by atoms with Gasteiger partial charge in [0, 0.05) is 0 Å². The highest BCUT2D eigenvalue weighted by atomic mass is 16.4. The molecule has 76 valence electrons. The van der Waals surface area contributed by atoms with Gasteiger partial charge in [0.2, 0.25) is 0 Å². The largest absolute Gasteiger partial charge is 0.481 e. The average molecular weight is 190 g/mol. The molecule has 4 N–H and O–H groups in total. The second-order valence-electron chi connectivity index (χ2n) is 3.22. The summed E-state index contributed by atoms with van der Waals surface area (Å²) in [5.41, 5.74) is 0. The summed E-state index contributed by atoms with van der Waals surface area (Å²) < 4.78 is 0. The normalized spacial score (nSPS) is 15.1. The van der Waals surface area contributed by atoms with Crippen molar-refractivity contribution in [1.29, 1.82) is 0 Å². The zero-order valence-electron chi connectivity index (χ0n) is 7.55. The van der Waals surface area contributed by atoms with Gasteiger partial charge in [0.25, 0.3) is 0 Å². The van der Waals surface area contributed by atoms with E-state index in [9.17, 15) is 4.79 Å². The lowest BCUT2D eigenvalue weighted by atomic mass is 9.71. The fourth-order valence-corrected chi connectivity index (χ4v) is 0.908. The molecular weight excluding hydrogens is 175 g/mol. The molecule has 0 saturated heterocycles. The highest BCUT2D eigenvalue weighted by molar-refractivity contribution is 6.42. The molecule has 0 saturated carbocycles. The third-order valence-corrected chi connectivity index (χ3v) is 1.87. The summed E-state index contributed by atoms with van der Waals surface area (Å²) in [6.07, 6.45) is -0.537. The van der Waals surface area contributed by atoms with Crippen LogP contribution in [0.2, 0.25) is 5.82 Å². The van der Waals surface area contributed by atoms with Gasteiger partial charge >= 0.3 is 13.1 Å². The summed E-state index contributed by atoms with van der Waals surface area (Å²) in [6, 6.07) is 0. The van der Waals surface area contributed by atoms with Crippen molar-refractivity contribution in [3.8, 4) is 0 Å². The van der Waals surface area contributed by atoms with Crippen LogP contribution >= 0.6 is 0 Å². The van der Waals surface area contributed by atoms with Crippen molar-refractivity contribution in [3.63, 3.8) is 0 Å². The maximum Gasteiger partial charge on any atom is 0.454 e. The fourth-order valence-electron chi connectivity index (χ4n) is 0.908. The Balaban J connectivity index is 3.57. The Morgan fingerprint density at radius 1 is 1.38 bits per heavy atom. The van der Waals surface area contributed by atoms with Crippen LogP contribution in [0.4, 0.5) is 0 Å². The molecule has 0 heterocycles. The van der Waals surface area contributed by atoms with Crippen LogP contribution < -0.4 is 0 Å². The van der Waals surface area contributed by atoms with E-state index in [0.717, 1.165) is 0 Å². The zero-order chi connectivity index (χ0) is 10.4. The van der Waals surface area contributed by atoms with Gasteiger partial charge in [-0.2, -0.15) is 0 Å². The highest BCUT2D eigenvalue weighted by Crippen LogP contribution is 2.15. The van der Waals surface area contributed by atoms with Crippen molar-refractivity contribution in [2.24, 2.45) is 0 Å². The van der Waals surface area contributed by atoms with Crippen molar-refractivity contribution in [3.05, 3.63) is 0 Å². The van der Waals surface area contributed by atoms with Crippen LogP contribution in [-0.4, -0.2) is 39.5 Å². The molecule has 0 bridgehead atoms. The molecule has 0 aromatic rings. The van der Waals surface area contributed by atoms with Crippen molar-refractivity contribution in [1.82, 2.24) is 0 Å². The van der Waals surface area contributed by atoms with Crippen molar-refractivity contribution in [2.45, 2.75) is 38.1 Å².